The van der Waals surface area contributed by atoms with Gasteiger partial charge in [-0.2, -0.15) is 5.10 Å². The Hall–Kier alpha value is -3.40. The van der Waals surface area contributed by atoms with E-state index in [0.29, 0.717) is 22.7 Å². The number of hydrogen-bond donors (Lipinski definition) is 1. The summed E-state index contributed by atoms with van der Waals surface area (Å²) in [6.07, 6.45) is -0.00185. The van der Waals surface area contributed by atoms with E-state index in [9.17, 15) is 14.0 Å². The van der Waals surface area contributed by atoms with E-state index in [1.165, 1.54) is 26.4 Å². The summed E-state index contributed by atoms with van der Waals surface area (Å²) in [5.41, 5.74) is 7.30. The van der Waals surface area contributed by atoms with Gasteiger partial charge >= 0.3 is 0 Å². The van der Waals surface area contributed by atoms with Crippen LogP contribution in [0.25, 0.3) is 0 Å². The molecule has 2 amide bonds. The first-order valence-electron chi connectivity index (χ1n) is 9.23. The van der Waals surface area contributed by atoms with Gasteiger partial charge in [0.25, 0.3) is 0 Å². The first-order chi connectivity index (χ1) is 14.8. The van der Waals surface area contributed by atoms with Crippen molar-refractivity contribution in [1.82, 2.24) is 0 Å². The van der Waals surface area contributed by atoms with Gasteiger partial charge in [0, 0.05) is 12.0 Å². The third-order valence-electron chi connectivity index (χ3n) is 4.57. The summed E-state index contributed by atoms with van der Waals surface area (Å²) >= 11 is 0.961. The van der Waals surface area contributed by atoms with E-state index in [1.807, 2.05) is 0 Å². The van der Waals surface area contributed by atoms with Crippen molar-refractivity contribution in [1.29, 1.82) is 0 Å². The van der Waals surface area contributed by atoms with Gasteiger partial charge in [0.1, 0.15) is 11.0 Å². The molecule has 0 bridgehead atoms. The maximum Gasteiger partial charge on any atom is 0.247 e. The van der Waals surface area contributed by atoms with Gasteiger partial charge in [0.2, 0.25) is 11.8 Å². The zero-order valence-electron chi connectivity index (χ0n) is 17.2. The lowest BCUT2D eigenvalue weighted by Gasteiger charge is -2.15. The van der Waals surface area contributed by atoms with Crippen molar-refractivity contribution in [3.63, 3.8) is 0 Å². The normalized spacial score (nSPS) is 17.3. The van der Waals surface area contributed by atoms with Crippen LogP contribution in [0.5, 0.6) is 11.5 Å². The predicted molar refractivity (Wildman–Crippen MR) is 118 cm³/mol. The number of rotatable bonds is 6. The average molecular weight is 444 g/mol. The van der Waals surface area contributed by atoms with Crippen LogP contribution in [0.3, 0.4) is 0 Å². The van der Waals surface area contributed by atoms with E-state index in [2.05, 4.69) is 10.2 Å². The molecule has 0 saturated carbocycles. The highest BCUT2D eigenvalue weighted by molar-refractivity contribution is 8.14. The summed E-state index contributed by atoms with van der Waals surface area (Å²) in [4.78, 5) is 26.2. The molecule has 3 rings (SSSR count). The van der Waals surface area contributed by atoms with Gasteiger partial charge in [-0.25, -0.2) is 9.29 Å². The summed E-state index contributed by atoms with van der Waals surface area (Å²) < 4.78 is 23.8. The molecule has 8 nitrogen and oxygen atoms in total. The quantitative estimate of drug-likeness (QED) is 0.318. The van der Waals surface area contributed by atoms with E-state index in [0.717, 1.165) is 16.7 Å². The molecule has 31 heavy (non-hydrogen) atoms. The van der Waals surface area contributed by atoms with Gasteiger partial charge in [-0.1, -0.05) is 11.8 Å². The second-order valence-electron chi connectivity index (χ2n) is 6.55. The molecule has 2 N–H and O–H groups in total. The molecule has 2 aromatic carbocycles. The Morgan fingerprint density at radius 1 is 1.13 bits per heavy atom. The first kappa shape index (κ1) is 22.3. The number of carbonyl (C=O) groups excluding carboxylic acids is 2. The third-order valence-corrected chi connectivity index (χ3v) is 5.54. The van der Waals surface area contributed by atoms with Gasteiger partial charge in [-0.05, 0) is 49.4 Å². The second-order valence-corrected chi connectivity index (χ2v) is 7.77. The Labute approximate surface area is 182 Å². The first-order valence-corrected chi connectivity index (χ1v) is 10.1. The van der Waals surface area contributed by atoms with Gasteiger partial charge < -0.3 is 15.2 Å². The van der Waals surface area contributed by atoms with Crippen LogP contribution >= 0.6 is 11.8 Å². The molecule has 0 spiro atoms. The fraction of sp³-hybridized carbons (Fsp3) is 0.238. The number of halogens is 1. The lowest BCUT2D eigenvalue weighted by atomic mass is 10.1. The Morgan fingerprint density at radius 3 is 2.45 bits per heavy atom. The highest BCUT2D eigenvalue weighted by atomic mass is 32.2. The van der Waals surface area contributed by atoms with Crippen LogP contribution in [0.1, 0.15) is 18.9 Å². The molecular weight excluding hydrogens is 423 g/mol. The molecule has 162 valence electrons. The zero-order valence-corrected chi connectivity index (χ0v) is 18.0. The fourth-order valence-electron chi connectivity index (χ4n) is 2.94. The van der Waals surface area contributed by atoms with Crippen LogP contribution in [-0.2, 0) is 9.59 Å². The van der Waals surface area contributed by atoms with Gasteiger partial charge in [-0.15, -0.1) is 5.10 Å². The molecule has 0 radical (unpaired) electrons. The van der Waals surface area contributed by atoms with Crippen molar-refractivity contribution >= 4 is 40.1 Å². The highest BCUT2D eigenvalue weighted by Crippen LogP contribution is 2.30. The summed E-state index contributed by atoms with van der Waals surface area (Å²) in [5, 5.41) is 7.23. The van der Waals surface area contributed by atoms with Crippen LogP contribution in [0, 0.1) is 5.82 Å². The van der Waals surface area contributed by atoms with Gasteiger partial charge in [0.15, 0.2) is 16.7 Å². The molecule has 1 aliphatic heterocycles. The SMILES string of the molecule is COc1ccc(N2C(=O)C[C@@H](SC(N)=N/N=C(/C)c3ccc(OC)c(F)c3)C2=O)cc1. The average Bonchev–Trinajstić information content (AvgIpc) is 3.04. The summed E-state index contributed by atoms with van der Waals surface area (Å²) in [6, 6.07) is 11.0. The van der Waals surface area contributed by atoms with Crippen molar-refractivity contribution in [3.05, 3.63) is 53.8 Å². The van der Waals surface area contributed by atoms with Crippen molar-refractivity contribution in [2.45, 2.75) is 18.6 Å². The summed E-state index contributed by atoms with van der Waals surface area (Å²) in [7, 11) is 2.91. The molecule has 1 atom stereocenters. The van der Waals surface area contributed by atoms with Crippen LogP contribution in [0.4, 0.5) is 10.1 Å². The third kappa shape index (κ3) is 5.02. The number of imide groups is 1. The molecule has 1 aliphatic rings. The molecular formula is C21H21FN4O4S. The van der Waals surface area contributed by atoms with Crippen LogP contribution in [-0.4, -0.2) is 42.2 Å². The number of amides is 2. The number of nitrogens with two attached hydrogens (primary N) is 1. The number of ether oxygens (including phenoxy) is 2. The molecule has 0 aliphatic carbocycles. The monoisotopic (exact) mass is 444 g/mol. The predicted octanol–water partition coefficient (Wildman–Crippen LogP) is 2.95. The molecule has 2 aromatic rings. The molecule has 0 aromatic heterocycles. The van der Waals surface area contributed by atoms with Crippen LogP contribution < -0.4 is 20.1 Å². The van der Waals surface area contributed by atoms with Crippen molar-refractivity contribution in [2.24, 2.45) is 15.9 Å². The summed E-state index contributed by atoms with van der Waals surface area (Å²) in [6.45, 7) is 1.65. The van der Waals surface area contributed by atoms with Crippen LogP contribution in [0.2, 0.25) is 0 Å². The van der Waals surface area contributed by atoms with Crippen molar-refractivity contribution in [3.8, 4) is 11.5 Å². The molecule has 1 saturated heterocycles. The maximum absolute atomic E-state index is 13.9. The molecule has 1 fully saturated rings. The smallest absolute Gasteiger partial charge is 0.247 e. The number of hydrogen-bond acceptors (Lipinski definition) is 7. The van der Waals surface area contributed by atoms with Gasteiger partial charge in [-0.3, -0.25) is 9.59 Å². The number of thioether (sulfide) groups is 1. The Morgan fingerprint density at radius 2 is 1.84 bits per heavy atom. The molecule has 1 heterocycles. The van der Waals surface area contributed by atoms with Crippen molar-refractivity contribution in [2.75, 3.05) is 19.1 Å². The van der Waals surface area contributed by atoms with E-state index < -0.39 is 11.1 Å². The summed E-state index contributed by atoms with van der Waals surface area (Å²) in [5.74, 6) is -0.476. The Bertz CT molecular complexity index is 1060. The van der Waals surface area contributed by atoms with E-state index in [-0.39, 0.29) is 29.2 Å². The lowest BCUT2D eigenvalue weighted by Crippen LogP contribution is -2.31. The standard InChI is InChI=1S/C21H21FN4O4S/c1-12(13-4-9-17(30-3)16(22)10-13)24-25-21(23)31-18-11-19(27)26(20(18)28)14-5-7-15(29-2)8-6-14/h4-10,18H,11H2,1-3H3,(H2,23,25)/b24-12-/t18-/m1/s1. The number of methoxy groups -OCH3 is 2. The second kappa shape index (κ2) is 9.61. The van der Waals surface area contributed by atoms with E-state index in [4.69, 9.17) is 15.2 Å². The zero-order chi connectivity index (χ0) is 22.5. The van der Waals surface area contributed by atoms with E-state index >= 15 is 0 Å². The number of carbonyl (C=O) groups is 2. The number of anilines is 1. The Kier molecular flexibility index (Phi) is 6.91. The lowest BCUT2D eigenvalue weighted by molar-refractivity contribution is -0.121. The largest absolute Gasteiger partial charge is 0.497 e. The van der Waals surface area contributed by atoms with Crippen LogP contribution in [0.15, 0.2) is 52.7 Å². The topological polar surface area (TPSA) is 107 Å². The number of nitrogens with zero attached hydrogens (tertiary/aromatic N) is 3. The number of amidine groups is 1. The fourth-order valence-corrected chi connectivity index (χ4v) is 3.75. The van der Waals surface area contributed by atoms with E-state index in [1.54, 1.807) is 37.3 Å². The minimum atomic E-state index is -0.702. The molecule has 10 heteroatoms. The van der Waals surface area contributed by atoms with Gasteiger partial charge in [0.05, 0.1) is 25.6 Å². The highest BCUT2D eigenvalue weighted by Gasteiger charge is 2.40. The Balaban J connectivity index is 1.69. The minimum Gasteiger partial charge on any atom is -0.497 e. The van der Waals surface area contributed by atoms with Crippen molar-refractivity contribution < 1.29 is 23.5 Å². The number of benzene rings is 2. The molecule has 0 unspecified atom stereocenters. The maximum atomic E-state index is 13.9. The minimum absolute atomic E-state index is 0.00185.